The van der Waals surface area contributed by atoms with Crippen molar-refractivity contribution in [3.63, 3.8) is 0 Å². The number of carbonyl (C=O) groups is 3. The lowest BCUT2D eigenvalue weighted by atomic mass is 10.1. The van der Waals surface area contributed by atoms with E-state index in [1.807, 2.05) is 0 Å². The Morgan fingerprint density at radius 3 is 2.42 bits per heavy atom. The summed E-state index contributed by atoms with van der Waals surface area (Å²) in [5, 5.41) is 2.16. The highest BCUT2D eigenvalue weighted by Gasteiger charge is 2.34. The Labute approximate surface area is 115 Å². The lowest BCUT2D eigenvalue weighted by Gasteiger charge is -2.16. The normalized spacial score (nSPS) is 18.5. The predicted octanol–water partition coefficient (Wildman–Crippen LogP) is 1.76. The molecule has 100 valence electrons. The molecule has 1 aliphatic rings. The Balaban J connectivity index is 2.12. The van der Waals surface area contributed by atoms with Crippen molar-refractivity contribution >= 4 is 40.0 Å². The Hall–Kier alpha value is -1.88. The van der Waals surface area contributed by atoms with Crippen molar-refractivity contribution in [3.05, 3.63) is 24.3 Å². The number of rotatable bonds is 3. The molecule has 1 atom stereocenters. The third-order valence-electron chi connectivity index (χ3n) is 2.95. The zero-order chi connectivity index (χ0) is 14.0. The molecule has 1 aromatic carbocycles. The molecular formula is C13H13ClN2O3. The minimum atomic E-state index is -0.481. The predicted molar refractivity (Wildman–Crippen MR) is 72.1 cm³/mol. The summed E-state index contributed by atoms with van der Waals surface area (Å²) in [6, 6.07) is 6.87. The average Bonchev–Trinajstić information content (AvgIpc) is 2.72. The molecule has 0 unspecified atom stereocenters. The minimum Gasteiger partial charge on any atom is -0.326 e. The molecule has 6 heteroatoms. The van der Waals surface area contributed by atoms with Crippen molar-refractivity contribution in [1.29, 1.82) is 0 Å². The number of hydrogen-bond acceptors (Lipinski definition) is 3. The summed E-state index contributed by atoms with van der Waals surface area (Å²) in [5.41, 5.74) is 1.35. The van der Waals surface area contributed by atoms with Crippen LogP contribution in [-0.2, 0) is 14.4 Å². The molecule has 0 aromatic heterocycles. The molecule has 1 aliphatic heterocycles. The number of nitrogens with one attached hydrogen (secondary N) is 1. The van der Waals surface area contributed by atoms with Crippen molar-refractivity contribution in [2.75, 3.05) is 16.8 Å². The van der Waals surface area contributed by atoms with Crippen LogP contribution in [0.5, 0.6) is 0 Å². The van der Waals surface area contributed by atoms with Crippen LogP contribution in [0.2, 0.25) is 0 Å². The van der Waals surface area contributed by atoms with Crippen LogP contribution in [0.3, 0.4) is 0 Å². The maximum Gasteiger partial charge on any atom is 0.227 e. The summed E-state index contributed by atoms with van der Waals surface area (Å²) in [7, 11) is 0. The number of amides is 2. The summed E-state index contributed by atoms with van der Waals surface area (Å²) in [6.45, 7) is 1.73. The van der Waals surface area contributed by atoms with E-state index in [9.17, 15) is 14.4 Å². The van der Waals surface area contributed by atoms with Crippen LogP contribution in [0.1, 0.15) is 13.3 Å². The molecule has 5 nitrogen and oxygen atoms in total. The van der Waals surface area contributed by atoms with Gasteiger partial charge in [-0.2, -0.15) is 0 Å². The fraction of sp³-hybridized carbons (Fsp3) is 0.308. The molecule has 0 saturated carbocycles. The molecular weight excluding hydrogens is 268 g/mol. The second kappa shape index (κ2) is 5.40. The van der Waals surface area contributed by atoms with Gasteiger partial charge in [0, 0.05) is 31.3 Å². The molecule has 1 aromatic rings. The topological polar surface area (TPSA) is 66.5 Å². The highest BCUT2D eigenvalue weighted by Crippen LogP contribution is 2.27. The molecule has 1 saturated heterocycles. The quantitative estimate of drug-likeness (QED) is 0.858. The fourth-order valence-corrected chi connectivity index (χ4v) is 2.18. The number of nitrogens with zero attached hydrogens (tertiary/aromatic N) is 1. The highest BCUT2D eigenvalue weighted by atomic mass is 35.5. The molecule has 1 fully saturated rings. The maximum absolute atomic E-state index is 11.8. The van der Waals surface area contributed by atoms with Gasteiger partial charge >= 0.3 is 0 Å². The summed E-state index contributed by atoms with van der Waals surface area (Å²) in [4.78, 5) is 35.3. The van der Waals surface area contributed by atoms with Gasteiger partial charge in [-0.1, -0.05) is 0 Å². The van der Waals surface area contributed by atoms with E-state index in [0.717, 1.165) is 0 Å². The van der Waals surface area contributed by atoms with Gasteiger partial charge in [0.15, 0.2) is 0 Å². The van der Waals surface area contributed by atoms with Crippen LogP contribution >= 0.6 is 11.6 Å². The number of benzene rings is 1. The number of hydrogen-bond donors (Lipinski definition) is 1. The summed E-state index contributed by atoms with van der Waals surface area (Å²) in [5.74, 6) is -0.715. The van der Waals surface area contributed by atoms with Gasteiger partial charge in [0.05, 0.1) is 5.92 Å². The largest absolute Gasteiger partial charge is 0.326 e. The van der Waals surface area contributed by atoms with E-state index in [1.54, 1.807) is 24.3 Å². The molecule has 0 bridgehead atoms. The van der Waals surface area contributed by atoms with Gasteiger partial charge in [0.1, 0.15) is 0 Å². The van der Waals surface area contributed by atoms with E-state index >= 15 is 0 Å². The first-order valence-corrected chi connectivity index (χ1v) is 6.22. The first-order chi connectivity index (χ1) is 8.97. The zero-order valence-corrected chi connectivity index (χ0v) is 11.1. The van der Waals surface area contributed by atoms with E-state index in [-0.39, 0.29) is 18.2 Å². The second-order valence-corrected chi connectivity index (χ2v) is 4.81. The Morgan fingerprint density at radius 2 is 1.95 bits per heavy atom. The summed E-state index contributed by atoms with van der Waals surface area (Å²) >= 11 is 5.42. The number of halogens is 1. The third-order valence-corrected chi connectivity index (χ3v) is 3.25. The molecule has 0 aliphatic carbocycles. The fourth-order valence-electron chi connectivity index (χ4n) is 2.04. The summed E-state index contributed by atoms with van der Waals surface area (Å²) in [6.07, 6.45) is 0.149. The maximum atomic E-state index is 11.8. The standard InChI is InChI=1S/C13H13ClN2O3/c1-8(17)15-10-2-4-11(5-3-10)16-7-9(13(14)19)6-12(16)18/h2-5,9H,6-7H2,1H3,(H,15,17)/t9-/m1/s1. The highest BCUT2D eigenvalue weighted by molar-refractivity contribution is 6.64. The summed E-state index contributed by atoms with van der Waals surface area (Å²) < 4.78 is 0. The molecule has 0 spiro atoms. The Bertz CT molecular complexity index is 527. The molecule has 0 radical (unpaired) electrons. The minimum absolute atomic E-state index is 0.119. The van der Waals surface area contributed by atoms with Crippen LogP contribution in [0.15, 0.2) is 24.3 Å². The van der Waals surface area contributed by atoms with Gasteiger partial charge in [-0.25, -0.2) is 0 Å². The first kappa shape index (κ1) is 13.5. The smallest absolute Gasteiger partial charge is 0.227 e. The SMILES string of the molecule is CC(=O)Nc1ccc(N2C[C@H](C(=O)Cl)CC2=O)cc1. The van der Waals surface area contributed by atoms with Gasteiger partial charge in [0.2, 0.25) is 17.1 Å². The Morgan fingerprint density at radius 1 is 1.32 bits per heavy atom. The molecule has 2 rings (SSSR count). The van der Waals surface area contributed by atoms with Gasteiger partial charge in [-0.15, -0.1) is 0 Å². The molecule has 2 amide bonds. The molecule has 1 N–H and O–H groups in total. The van der Waals surface area contributed by atoms with E-state index < -0.39 is 11.2 Å². The second-order valence-electron chi connectivity index (χ2n) is 4.44. The lowest BCUT2D eigenvalue weighted by Crippen LogP contribution is -2.25. The van der Waals surface area contributed by atoms with Crippen LogP contribution in [0.4, 0.5) is 11.4 Å². The monoisotopic (exact) mass is 280 g/mol. The van der Waals surface area contributed by atoms with Crippen LogP contribution in [-0.4, -0.2) is 23.6 Å². The van der Waals surface area contributed by atoms with Gasteiger partial charge in [-0.05, 0) is 35.9 Å². The van der Waals surface area contributed by atoms with E-state index in [4.69, 9.17) is 11.6 Å². The first-order valence-electron chi connectivity index (χ1n) is 5.84. The average molecular weight is 281 g/mol. The van der Waals surface area contributed by atoms with Crippen LogP contribution < -0.4 is 10.2 Å². The lowest BCUT2D eigenvalue weighted by molar-refractivity contribution is -0.120. The zero-order valence-electron chi connectivity index (χ0n) is 10.4. The molecule has 1 heterocycles. The van der Waals surface area contributed by atoms with Crippen molar-refractivity contribution in [3.8, 4) is 0 Å². The van der Waals surface area contributed by atoms with E-state index in [2.05, 4.69) is 5.32 Å². The van der Waals surface area contributed by atoms with Crippen molar-refractivity contribution in [2.24, 2.45) is 5.92 Å². The molecule has 19 heavy (non-hydrogen) atoms. The van der Waals surface area contributed by atoms with Crippen molar-refractivity contribution in [1.82, 2.24) is 0 Å². The number of carbonyl (C=O) groups excluding carboxylic acids is 3. The van der Waals surface area contributed by atoms with Crippen molar-refractivity contribution in [2.45, 2.75) is 13.3 Å². The van der Waals surface area contributed by atoms with Gasteiger partial charge < -0.3 is 10.2 Å². The van der Waals surface area contributed by atoms with Crippen LogP contribution in [0, 0.1) is 5.92 Å². The Kier molecular flexibility index (Phi) is 3.85. The van der Waals surface area contributed by atoms with Crippen LogP contribution in [0.25, 0.3) is 0 Å². The van der Waals surface area contributed by atoms with E-state index in [0.29, 0.717) is 17.9 Å². The van der Waals surface area contributed by atoms with Gasteiger partial charge in [-0.3, -0.25) is 14.4 Å². The number of anilines is 2. The van der Waals surface area contributed by atoms with E-state index in [1.165, 1.54) is 11.8 Å². The van der Waals surface area contributed by atoms with Gasteiger partial charge in [0.25, 0.3) is 0 Å². The third kappa shape index (κ3) is 3.12. The van der Waals surface area contributed by atoms with Crippen molar-refractivity contribution < 1.29 is 14.4 Å².